The second kappa shape index (κ2) is 5.97. The number of ether oxygens (including phenoxy) is 1. The first-order chi connectivity index (χ1) is 10.2. The molecule has 3 rings (SSSR count). The predicted molar refractivity (Wildman–Crippen MR) is 81.1 cm³/mol. The van der Waals surface area contributed by atoms with E-state index in [-0.39, 0.29) is 17.6 Å². The van der Waals surface area contributed by atoms with E-state index in [0.29, 0.717) is 18.7 Å². The maximum atomic E-state index is 9.43. The molecule has 108 valence electrons. The number of hydrogen-bond acceptors (Lipinski definition) is 4. The van der Waals surface area contributed by atoms with E-state index in [9.17, 15) is 10.2 Å². The Labute approximate surface area is 123 Å². The molecule has 0 saturated heterocycles. The van der Waals surface area contributed by atoms with Crippen LogP contribution in [-0.4, -0.2) is 29.6 Å². The van der Waals surface area contributed by atoms with Crippen LogP contribution in [0.5, 0.6) is 11.5 Å². The van der Waals surface area contributed by atoms with Crippen LogP contribution in [0.3, 0.4) is 0 Å². The fourth-order valence-electron chi connectivity index (χ4n) is 2.57. The van der Waals surface area contributed by atoms with Crippen LogP contribution in [0, 0.1) is 0 Å². The van der Waals surface area contributed by atoms with Gasteiger partial charge in [0.15, 0.2) is 0 Å². The third kappa shape index (κ3) is 3.23. The summed E-state index contributed by atoms with van der Waals surface area (Å²) in [6.45, 7) is 1.23. The molecule has 1 aliphatic rings. The summed E-state index contributed by atoms with van der Waals surface area (Å²) in [7, 11) is 0. The van der Waals surface area contributed by atoms with E-state index in [1.165, 1.54) is 17.2 Å². The highest BCUT2D eigenvalue weighted by atomic mass is 16.5. The lowest BCUT2D eigenvalue weighted by Gasteiger charge is -2.24. The molecule has 0 aliphatic carbocycles. The molecule has 0 amide bonds. The molecule has 0 unspecified atom stereocenters. The number of hydrogen-bond donors (Lipinski definition) is 2. The van der Waals surface area contributed by atoms with Gasteiger partial charge in [-0.2, -0.15) is 0 Å². The Morgan fingerprint density at radius 1 is 1.14 bits per heavy atom. The number of benzene rings is 2. The summed E-state index contributed by atoms with van der Waals surface area (Å²) in [6, 6.07) is 12.7. The smallest absolute Gasteiger partial charge is 0.119 e. The Morgan fingerprint density at radius 2 is 1.90 bits per heavy atom. The van der Waals surface area contributed by atoms with Gasteiger partial charge in [0, 0.05) is 12.3 Å². The highest BCUT2D eigenvalue weighted by molar-refractivity contribution is 5.81. The maximum Gasteiger partial charge on any atom is 0.119 e. The standard InChI is InChI=1S/C17H17NO3/c19-14-7-12(8-15(20)9-14)10-18-11-17-16-4-2-1-3-13(16)5-6-21-17/h1-4,7-10,17,19-20H,5-6,11H2/t17-/m0/s1. The van der Waals surface area contributed by atoms with Crippen molar-refractivity contribution in [3.8, 4) is 11.5 Å². The summed E-state index contributed by atoms with van der Waals surface area (Å²) in [4.78, 5) is 4.37. The van der Waals surface area contributed by atoms with Crippen molar-refractivity contribution in [3.63, 3.8) is 0 Å². The van der Waals surface area contributed by atoms with Gasteiger partial charge in [-0.3, -0.25) is 4.99 Å². The van der Waals surface area contributed by atoms with Crippen molar-refractivity contribution < 1.29 is 14.9 Å². The summed E-state index contributed by atoms with van der Waals surface area (Å²) in [5.41, 5.74) is 3.18. The van der Waals surface area contributed by atoms with Gasteiger partial charge in [-0.15, -0.1) is 0 Å². The molecule has 4 heteroatoms. The Hall–Kier alpha value is -2.33. The SMILES string of the molecule is Oc1cc(O)cc(C=NC[C@@H]2OCCc3ccccc32)c1. The lowest BCUT2D eigenvalue weighted by atomic mass is 9.98. The van der Waals surface area contributed by atoms with Crippen LogP contribution < -0.4 is 0 Å². The Balaban J connectivity index is 1.72. The van der Waals surface area contributed by atoms with Crippen LogP contribution in [0.4, 0.5) is 0 Å². The fourth-order valence-corrected chi connectivity index (χ4v) is 2.57. The molecule has 2 aromatic rings. The minimum atomic E-state index is -0.0305. The van der Waals surface area contributed by atoms with E-state index in [0.717, 1.165) is 6.42 Å². The Bertz CT molecular complexity index is 647. The average molecular weight is 283 g/mol. The third-order valence-electron chi connectivity index (χ3n) is 3.53. The van der Waals surface area contributed by atoms with Crippen molar-refractivity contribution in [2.45, 2.75) is 12.5 Å². The van der Waals surface area contributed by atoms with Gasteiger partial charge in [-0.05, 0) is 35.2 Å². The molecule has 1 atom stereocenters. The Morgan fingerprint density at radius 3 is 2.71 bits per heavy atom. The van der Waals surface area contributed by atoms with Crippen molar-refractivity contribution in [1.29, 1.82) is 0 Å². The van der Waals surface area contributed by atoms with Crippen LogP contribution in [0.25, 0.3) is 0 Å². The number of aliphatic imine (C=N–C) groups is 1. The lowest BCUT2D eigenvalue weighted by molar-refractivity contribution is 0.0489. The summed E-state index contributed by atoms with van der Waals surface area (Å²) in [5.74, 6) is 0.0476. The third-order valence-corrected chi connectivity index (χ3v) is 3.53. The molecule has 2 aromatic carbocycles. The van der Waals surface area contributed by atoms with Gasteiger partial charge < -0.3 is 14.9 Å². The van der Waals surface area contributed by atoms with E-state index < -0.39 is 0 Å². The van der Waals surface area contributed by atoms with Gasteiger partial charge in [-0.25, -0.2) is 0 Å². The topological polar surface area (TPSA) is 62.0 Å². The quantitative estimate of drug-likeness (QED) is 0.851. The van der Waals surface area contributed by atoms with Gasteiger partial charge in [0.25, 0.3) is 0 Å². The number of nitrogens with zero attached hydrogens (tertiary/aromatic N) is 1. The zero-order valence-electron chi connectivity index (χ0n) is 11.6. The molecule has 0 bridgehead atoms. The zero-order valence-corrected chi connectivity index (χ0v) is 11.6. The first kappa shape index (κ1) is 13.6. The van der Waals surface area contributed by atoms with Gasteiger partial charge in [0.1, 0.15) is 17.6 Å². The largest absolute Gasteiger partial charge is 0.508 e. The number of rotatable bonds is 3. The van der Waals surface area contributed by atoms with Gasteiger partial charge in [-0.1, -0.05) is 24.3 Å². The molecule has 21 heavy (non-hydrogen) atoms. The molecule has 0 aromatic heterocycles. The summed E-state index contributed by atoms with van der Waals surface area (Å²) in [6.07, 6.45) is 2.55. The zero-order chi connectivity index (χ0) is 14.7. The highest BCUT2D eigenvalue weighted by Crippen LogP contribution is 2.27. The predicted octanol–water partition coefficient (Wildman–Crippen LogP) is 2.83. The van der Waals surface area contributed by atoms with Gasteiger partial charge in [0.05, 0.1) is 13.2 Å². The van der Waals surface area contributed by atoms with Gasteiger partial charge in [0.2, 0.25) is 0 Å². The fraction of sp³-hybridized carbons (Fsp3) is 0.235. The second-order valence-corrected chi connectivity index (χ2v) is 5.09. The van der Waals surface area contributed by atoms with E-state index >= 15 is 0 Å². The molecule has 0 fully saturated rings. The van der Waals surface area contributed by atoms with Crippen molar-refractivity contribution in [1.82, 2.24) is 0 Å². The lowest BCUT2D eigenvalue weighted by Crippen LogP contribution is -2.18. The van der Waals surface area contributed by atoms with Crippen molar-refractivity contribution >= 4 is 6.21 Å². The van der Waals surface area contributed by atoms with Crippen LogP contribution in [0.1, 0.15) is 22.8 Å². The molecule has 0 radical (unpaired) electrons. The molecule has 0 spiro atoms. The van der Waals surface area contributed by atoms with Crippen LogP contribution in [0.2, 0.25) is 0 Å². The van der Waals surface area contributed by atoms with Crippen LogP contribution in [0.15, 0.2) is 47.5 Å². The monoisotopic (exact) mass is 283 g/mol. The molecule has 4 nitrogen and oxygen atoms in total. The second-order valence-electron chi connectivity index (χ2n) is 5.09. The van der Waals surface area contributed by atoms with E-state index in [1.54, 1.807) is 18.3 Å². The minimum absolute atomic E-state index is 0.0238. The average Bonchev–Trinajstić information content (AvgIpc) is 2.46. The van der Waals surface area contributed by atoms with Crippen LogP contribution >= 0.6 is 0 Å². The minimum Gasteiger partial charge on any atom is -0.508 e. The normalized spacial score (nSPS) is 17.8. The van der Waals surface area contributed by atoms with E-state index in [1.807, 2.05) is 12.1 Å². The molecule has 0 saturated carbocycles. The van der Waals surface area contributed by atoms with Crippen molar-refractivity contribution in [2.24, 2.45) is 4.99 Å². The summed E-state index contributed by atoms with van der Waals surface area (Å²) in [5, 5.41) is 18.9. The summed E-state index contributed by atoms with van der Waals surface area (Å²) >= 11 is 0. The maximum absolute atomic E-state index is 9.43. The molecule has 2 N–H and O–H groups in total. The first-order valence-electron chi connectivity index (χ1n) is 6.94. The number of phenols is 2. The van der Waals surface area contributed by atoms with Crippen molar-refractivity contribution in [3.05, 3.63) is 59.2 Å². The number of fused-ring (bicyclic) bond motifs is 1. The molecular weight excluding hydrogens is 266 g/mol. The first-order valence-corrected chi connectivity index (χ1v) is 6.94. The van der Waals surface area contributed by atoms with Gasteiger partial charge >= 0.3 is 0 Å². The highest BCUT2D eigenvalue weighted by Gasteiger charge is 2.19. The molecular formula is C17H17NO3. The number of phenolic OH excluding ortho intramolecular Hbond substituents is 2. The van der Waals surface area contributed by atoms with Crippen molar-refractivity contribution in [2.75, 3.05) is 13.2 Å². The molecule has 1 aliphatic heterocycles. The van der Waals surface area contributed by atoms with E-state index in [4.69, 9.17) is 4.74 Å². The Kier molecular flexibility index (Phi) is 3.88. The summed E-state index contributed by atoms with van der Waals surface area (Å²) < 4.78 is 5.78. The van der Waals surface area contributed by atoms with E-state index in [2.05, 4.69) is 17.1 Å². The molecule has 1 heterocycles. The van der Waals surface area contributed by atoms with Crippen LogP contribution in [-0.2, 0) is 11.2 Å². The number of aromatic hydroxyl groups is 2.